The summed E-state index contributed by atoms with van der Waals surface area (Å²) in [6.07, 6.45) is 5.70. The number of hydrogen-bond acceptors (Lipinski definition) is 4. The van der Waals surface area contributed by atoms with E-state index in [0.717, 1.165) is 11.4 Å². The molecule has 1 aromatic carbocycles. The lowest BCUT2D eigenvalue weighted by atomic mass is 10.1. The average Bonchev–Trinajstić information content (AvgIpc) is 3.16. The van der Waals surface area contributed by atoms with Gasteiger partial charge < -0.3 is 4.90 Å². The summed E-state index contributed by atoms with van der Waals surface area (Å²) in [6.45, 7) is 2.02. The van der Waals surface area contributed by atoms with Crippen LogP contribution < -0.4 is 0 Å². The van der Waals surface area contributed by atoms with Crippen molar-refractivity contribution in [2.24, 2.45) is 0 Å². The van der Waals surface area contributed by atoms with Crippen molar-refractivity contribution in [2.45, 2.75) is 19.4 Å². The van der Waals surface area contributed by atoms with E-state index < -0.39 is 0 Å². The molecule has 0 aliphatic carbocycles. The molecule has 1 atom stereocenters. The minimum Gasteiger partial charge on any atom is -0.339 e. The van der Waals surface area contributed by atoms with Gasteiger partial charge in [-0.05, 0) is 37.3 Å². The van der Waals surface area contributed by atoms with Crippen molar-refractivity contribution >= 4 is 5.91 Å². The molecule has 3 aromatic rings. The number of likely N-dealkylation sites (N-methyl/N-ethyl adjacent to an activating group) is 1. The van der Waals surface area contributed by atoms with E-state index in [1.807, 2.05) is 56.4 Å². The van der Waals surface area contributed by atoms with Crippen LogP contribution in [0.5, 0.6) is 0 Å². The van der Waals surface area contributed by atoms with Crippen LogP contribution >= 0.6 is 0 Å². The first-order valence-electron chi connectivity index (χ1n) is 7.77. The van der Waals surface area contributed by atoms with E-state index in [1.165, 1.54) is 0 Å². The van der Waals surface area contributed by atoms with E-state index >= 15 is 0 Å². The van der Waals surface area contributed by atoms with Crippen LogP contribution in [-0.4, -0.2) is 43.6 Å². The van der Waals surface area contributed by atoms with Gasteiger partial charge in [-0.25, -0.2) is 0 Å². The van der Waals surface area contributed by atoms with E-state index in [2.05, 4.69) is 15.2 Å². The van der Waals surface area contributed by atoms with Crippen molar-refractivity contribution in [3.63, 3.8) is 0 Å². The topological polar surface area (TPSA) is 63.9 Å². The first-order valence-corrected chi connectivity index (χ1v) is 7.77. The van der Waals surface area contributed by atoms with Gasteiger partial charge in [0.05, 0.1) is 0 Å². The summed E-state index contributed by atoms with van der Waals surface area (Å²) in [5.41, 5.74) is 2.47. The normalized spacial score (nSPS) is 11.9. The Morgan fingerprint density at radius 3 is 2.67 bits per heavy atom. The molecule has 24 heavy (non-hydrogen) atoms. The minimum atomic E-state index is -0.0200. The van der Waals surface area contributed by atoms with Gasteiger partial charge in [-0.2, -0.15) is 0 Å². The van der Waals surface area contributed by atoms with Crippen LogP contribution in [0.3, 0.4) is 0 Å². The Hall–Kier alpha value is -3.02. The van der Waals surface area contributed by atoms with Crippen LogP contribution in [0.15, 0.2) is 61.3 Å². The average molecular weight is 321 g/mol. The van der Waals surface area contributed by atoms with Crippen LogP contribution in [0.1, 0.15) is 23.0 Å². The van der Waals surface area contributed by atoms with Gasteiger partial charge in [0, 0.05) is 42.7 Å². The molecule has 122 valence electrons. The Balaban J connectivity index is 1.74. The third-order valence-corrected chi connectivity index (χ3v) is 4.02. The molecule has 0 bridgehead atoms. The van der Waals surface area contributed by atoms with Crippen molar-refractivity contribution in [2.75, 3.05) is 7.05 Å². The lowest BCUT2D eigenvalue weighted by Gasteiger charge is -2.25. The molecular weight excluding hydrogens is 302 g/mol. The van der Waals surface area contributed by atoms with Crippen LogP contribution in [0, 0.1) is 0 Å². The van der Waals surface area contributed by atoms with Gasteiger partial charge in [0.25, 0.3) is 5.91 Å². The number of hydrogen-bond donors (Lipinski definition) is 0. The third kappa shape index (κ3) is 3.48. The zero-order chi connectivity index (χ0) is 16.9. The fraction of sp³-hybridized carbons (Fsp3) is 0.222. The van der Waals surface area contributed by atoms with Gasteiger partial charge >= 0.3 is 0 Å². The summed E-state index contributed by atoms with van der Waals surface area (Å²) in [5, 5.41) is 7.59. The zero-order valence-corrected chi connectivity index (χ0v) is 13.7. The molecule has 0 N–H and O–H groups in total. The molecule has 2 heterocycles. The van der Waals surface area contributed by atoms with Crippen molar-refractivity contribution in [1.29, 1.82) is 0 Å². The van der Waals surface area contributed by atoms with E-state index in [9.17, 15) is 4.79 Å². The molecule has 0 saturated heterocycles. The van der Waals surface area contributed by atoms with E-state index in [-0.39, 0.29) is 11.9 Å². The molecule has 3 rings (SSSR count). The summed E-state index contributed by atoms with van der Waals surface area (Å²) >= 11 is 0. The van der Waals surface area contributed by atoms with E-state index in [1.54, 1.807) is 28.3 Å². The molecule has 6 nitrogen and oxygen atoms in total. The summed E-state index contributed by atoms with van der Waals surface area (Å²) in [4.78, 5) is 18.8. The van der Waals surface area contributed by atoms with Crippen molar-refractivity contribution in [3.8, 4) is 5.69 Å². The minimum absolute atomic E-state index is 0.0200. The summed E-state index contributed by atoms with van der Waals surface area (Å²) in [5.74, 6) is -0.0200. The second-order valence-electron chi connectivity index (χ2n) is 5.71. The number of benzene rings is 1. The van der Waals surface area contributed by atoms with Crippen molar-refractivity contribution in [3.05, 3.63) is 72.6 Å². The summed E-state index contributed by atoms with van der Waals surface area (Å²) in [7, 11) is 1.82. The van der Waals surface area contributed by atoms with Gasteiger partial charge in [0.1, 0.15) is 12.7 Å². The lowest BCUT2D eigenvalue weighted by Crippen LogP contribution is -2.36. The number of nitrogens with zero attached hydrogens (tertiary/aromatic N) is 5. The highest BCUT2D eigenvalue weighted by Crippen LogP contribution is 2.14. The highest BCUT2D eigenvalue weighted by atomic mass is 16.2. The number of aromatic nitrogens is 4. The molecule has 1 unspecified atom stereocenters. The zero-order valence-electron chi connectivity index (χ0n) is 13.7. The van der Waals surface area contributed by atoms with Crippen LogP contribution in [-0.2, 0) is 6.42 Å². The second-order valence-corrected chi connectivity index (χ2v) is 5.71. The van der Waals surface area contributed by atoms with Gasteiger partial charge in [-0.15, -0.1) is 10.2 Å². The molecule has 0 aliphatic heterocycles. The van der Waals surface area contributed by atoms with Gasteiger partial charge in [0.2, 0.25) is 0 Å². The first-order chi connectivity index (χ1) is 11.6. The van der Waals surface area contributed by atoms with E-state index in [4.69, 9.17) is 0 Å². The molecule has 0 spiro atoms. The number of rotatable bonds is 5. The largest absolute Gasteiger partial charge is 0.339 e. The van der Waals surface area contributed by atoms with Gasteiger partial charge in [-0.1, -0.05) is 12.1 Å². The number of carbonyl (C=O) groups is 1. The monoisotopic (exact) mass is 321 g/mol. The standard InChI is InChI=1S/C18H19N5O/c1-14(10-16-7-3-4-9-19-16)22(2)18(24)15-6-5-8-17(11-15)23-12-20-21-13-23/h3-9,11-14H,10H2,1-2H3. The van der Waals surface area contributed by atoms with Crippen molar-refractivity contribution in [1.82, 2.24) is 24.6 Å². The maximum Gasteiger partial charge on any atom is 0.253 e. The number of amides is 1. The molecular formula is C18H19N5O. The quantitative estimate of drug-likeness (QED) is 0.724. The van der Waals surface area contributed by atoms with Crippen LogP contribution in [0.25, 0.3) is 5.69 Å². The molecule has 0 saturated carbocycles. The van der Waals surface area contributed by atoms with Crippen LogP contribution in [0.4, 0.5) is 0 Å². The van der Waals surface area contributed by atoms with Crippen molar-refractivity contribution < 1.29 is 4.79 Å². The second kappa shape index (κ2) is 7.04. The summed E-state index contributed by atoms with van der Waals surface area (Å²) < 4.78 is 1.77. The fourth-order valence-electron chi connectivity index (χ4n) is 2.50. The highest BCUT2D eigenvalue weighted by Gasteiger charge is 2.18. The Bertz CT molecular complexity index is 801. The van der Waals surface area contributed by atoms with Gasteiger partial charge in [-0.3, -0.25) is 14.3 Å². The maximum absolute atomic E-state index is 12.8. The van der Waals surface area contributed by atoms with E-state index in [0.29, 0.717) is 12.0 Å². The molecule has 6 heteroatoms. The number of carbonyl (C=O) groups excluding carboxylic acids is 1. The SMILES string of the molecule is CC(Cc1ccccn1)N(C)C(=O)c1cccc(-n2cnnc2)c1. The Labute approximate surface area is 140 Å². The summed E-state index contributed by atoms with van der Waals surface area (Å²) in [6, 6.07) is 13.3. The predicted molar refractivity (Wildman–Crippen MR) is 90.9 cm³/mol. The molecule has 1 amide bonds. The van der Waals surface area contributed by atoms with Gasteiger partial charge in [0.15, 0.2) is 0 Å². The Kier molecular flexibility index (Phi) is 4.65. The first kappa shape index (κ1) is 15.9. The third-order valence-electron chi connectivity index (χ3n) is 4.02. The Morgan fingerprint density at radius 1 is 1.17 bits per heavy atom. The van der Waals surface area contributed by atoms with Crippen LogP contribution in [0.2, 0.25) is 0 Å². The maximum atomic E-state index is 12.8. The lowest BCUT2D eigenvalue weighted by molar-refractivity contribution is 0.0743. The Morgan fingerprint density at radius 2 is 1.96 bits per heavy atom. The molecule has 0 radical (unpaired) electrons. The molecule has 0 fully saturated rings. The highest BCUT2D eigenvalue weighted by molar-refractivity contribution is 5.94. The predicted octanol–water partition coefficient (Wildman–Crippen LogP) is 2.37. The number of pyridine rings is 1. The smallest absolute Gasteiger partial charge is 0.253 e. The fourth-order valence-corrected chi connectivity index (χ4v) is 2.50. The molecule has 0 aliphatic rings. The molecule has 2 aromatic heterocycles.